The number of likely N-dealkylation sites (tertiary alicyclic amines) is 2. The zero-order chi connectivity index (χ0) is 19.8. The summed E-state index contributed by atoms with van der Waals surface area (Å²) in [6, 6.07) is 0.298. The number of nitrogens with zero attached hydrogens (tertiary/aromatic N) is 3. The summed E-state index contributed by atoms with van der Waals surface area (Å²) in [7, 11) is 0. The maximum atomic E-state index is 12.6. The molecule has 2 saturated heterocycles. The van der Waals surface area contributed by atoms with Crippen LogP contribution < -0.4 is 10.6 Å². The van der Waals surface area contributed by atoms with Crippen LogP contribution in [0.1, 0.15) is 58.3 Å². The van der Waals surface area contributed by atoms with Crippen molar-refractivity contribution in [2.75, 3.05) is 45.8 Å². The van der Waals surface area contributed by atoms with Gasteiger partial charge in [-0.3, -0.25) is 9.79 Å². The molecule has 1 unspecified atom stereocenters. The Morgan fingerprint density at radius 1 is 1.11 bits per heavy atom. The molecule has 2 aliphatic heterocycles. The summed E-state index contributed by atoms with van der Waals surface area (Å²) in [5, 5.41) is 16.5. The molecule has 7 nitrogen and oxygen atoms in total. The Kier molecular flexibility index (Phi) is 8.40. The number of nitrogens with one attached hydrogen (secondary N) is 2. The first kappa shape index (κ1) is 21.4. The van der Waals surface area contributed by atoms with Crippen LogP contribution in [0.2, 0.25) is 0 Å². The number of aliphatic imine (C=N–C) groups is 1. The molecule has 2 heterocycles. The van der Waals surface area contributed by atoms with Crippen molar-refractivity contribution >= 4 is 11.9 Å². The fourth-order valence-electron chi connectivity index (χ4n) is 4.65. The van der Waals surface area contributed by atoms with E-state index < -0.39 is 0 Å². The average molecular weight is 394 g/mol. The molecule has 0 aromatic rings. The van der Waals surface area contributed by atoms with Crippen molar-refractivity contribution in [3.8, 4) is 0 Å². The average Bonchev–Trinajstić information content (AvgIpc) is 3.38. The van der Waals surface area contributed by atoms with Crippen molar-refractivity contribution < 1.29 is 9.90 Å². The summed E-state index contributed by atoms with van der Waals surface area (Å²) in [4.78, 5) is 21.8. The van der Waals surface area contributed by atoms with Crippen LogP contribution in [-0.4, -0.2) is 84.7 Å². The van der Waals surface area contributed by atoms with Gasteiger partial charge < -0.3 is 25.5 Å². The Morgan fingerprint density at radius 2 is 1.86 bits per heavy atom. The van der Waals surface area contributed by atoms with E-state index in [1.807, 2.05) is 0 Å². The summed E-state index contributed by atoms with van der Waals surface area (Å²) in [5.74, 6) is 1.52. The minimum Gasteiger partial charge on any atom is -0.393 e. The van der Waals surface area contributed by atoms with Gasteiger partial charge in [0, 0.05) is 51.2 Å². The highest BCUT2D eigenvalue weighted by molar-refractivity contribution is 5.81. The molecule has 3 aliphatic rings. The van der Waals surface area contributed by atoms with Gasteiger partial charge in [0.2, 0.25) is 5.91 Å². The van der Waals surface area contributed by atoms with Gasteiger partial charge in [-0.15, -0.1) is 0 Å². The molecule has 0 aromatic carbocycles. The summed E-state index contributed by atoms with van der Waals surface area (Å²) in [6.45, 7) is 8.43. The van der Waals surface area contributed by atoms with Gasteiger partial charge in [0.25, 0.3) is 0 Å². The van der Waals surface area contributed by atoms with Crippen LogP contribution >= 0.6 is 0 Å². The standard InChI is InChI=1S/C21H39N5O2/c1-2-22-21(23-11-5-12-25-13-9-19(27)10-14-25)24-18-8-15-26(16-18)20(28)17-6-3-4-7-17/h17-19,27H,2-16H2,1H3,(H2,22,23,24). The SMILES string of the molecule is CCNC(=NCCCN1CCC(O)CC1)NC1CCN(C(=O)C2CCCC2)C1. The Balaban J connectivity index is 1.38. The number of hydrogen-bond acceptors (Lipinski definition) is 4. The number of aliphatic hydroxyl groups is 1. The number of amides is 1. The second-order valence-corrected chi connectivity index (χ2v) is 8.58. The van der Waals surface area contributed by atoms with Crippen LogP contribution in [0.15, 0.2) is 4.99 Å². The normalized spacial score (nSPS) is 25.4. The molecular formula is C21H39N5O2. The number of carbonyl (C=O) groups excluding carboxylic acids is 1. The highest BCUT2D eigenvalue weighted by Crippen LogP contribution is 2.27. The molecule has 7 heteroatoms. The Bertz CT molecular complexity index is 513. The fourth-order valence-corrected chi connectivity index (χ4v) is 4.65. The van der Waals surface area contributed by atoms with E-state index in [1.165, 1.54) is 12.8 Å². The van der Waals surface area contributed by atoms with E-state index in [9.17, 15) is 9.90 Å². The Hall–Kier alpha value is -1.34. The maximum absolute atomic E-state index is 12.6. The molecule has 1 atom stereocenters. The van der Waals surface area contributed by atoms with E-state index in [0.29, 0.717) is 11.9 Å². The van der Waals surface area contributed by atoms with Gasteiger partial charge in [-0.1, -0.05) is 12.8 Å². The third kappa shape index (κ3) is 6.34. The van der Waals surface area contributed by atoms with Gasteiger partial charge >= 0.3 is 0 Å². The maximum Gasteiger partial charge on any atom is 0.225 e. The van der Waals surface area contributed by atoms with Crippen LogP contribution in [0, 0.1) is 5.92 Å². The van der Waals surface area contributed by atoms with Crippen LogP contribution in [0.3, 0.4) is 0 Å². The molecule has 3 rings (SSSR count). The molecule has 1 amide bonds. The molecule has 1 aliphatic carbocycles. The molecule has 3 fully saturated rings. The van der Waals surface area contributed by atoms with Gasteiger partial charge in [-0.25, -0.2) is 0 Å². The number of hydrogen-bond donors (Lipinski definition) is 3. The van der Waals surface area contributed by atoms with Gasteiger partial charge in [-0.2, -0.15) is 0 Å². The molecule has 3 N–H and O–H groups in total. The number of aliphatic hydroxyl groups excluding tert-OH is 1. The summed E-state index contributed by atoms with van der Waals surface area (Å²) >= 11 is 0. The minimum absolute atomic E-state index is 0.106. The lowest BCUT2D eigenvalue weighted by molar-refractivity contribution is -0.134. The summed E-state index contributed by atoms with van der Waals surface area (Å²) in [6.07, 6.45) is 8.29. The lowest BCUT2D eigenvalue weighted by atomic mass is 10.1. The molecule has 0 aromatic heterocycles. The van der Waals surface area contributed by atoms with Crippen molar-refractivity contribution in [3.63, 3.8) is 0 Å². The van der Waals surface area contributed by atoms with Crippen LogP contribution in [0.5, 0.6) is 0 Å². The van der Waals surface area contributed by atoms with E-state index in [2.05, 4.69) is 27.4 Å². The molecular weight excluding hydrogens is 354 g/mol. The van der Waals surface area contributed by atoms with E-state index in [4.69, 9.17) is 4.99 Å². The Morgan fingerprint density at radius 3 is 2.57 bits per heavy atom. The summed E-state index contributed by atoms with van der Waals surface area (Å²) in [5.41, 5.74) is 0. The van der Waals surface area contributed by atoms with Crippen molar-refractivity contribution in [3.05, 3.63) is 0 Å². The Labute approximate surface area is 169 Å². The second kappa shape index (κ2) is 11.0. The first-order chi connectivity index (χ1) is 13.7. The van der Waals surface area contributed by atoms with E-state index in [-0.39, 0.29) is 12.0 Å². The topological polar surface area (TPSA) is 80.2 Å². The lowest BCUT2D eigenvalue weighted by Crippen LogP contribution is -2.45. The van der Waals surface area contributed by atoms with Crippen LogP contribution in [0.25, 0.3) is 0 Å². The van der Waals surface area contributed by atoms with Crippen LogP contribution in [0.4, 0.5) is 0 Å². The predicted octanol–water partition coefficient (Wildman–Crippen LogP) is 1.18. The van der Waals surface area contributed by atoms with Crippen molar-refractivity contribution in [2.45, 2.75) is 70.4 Å². The van der Waals surface area contributed by atoms with Gasteiger partial charge in [0.1, 0.15) is 0 Å². The number of rotatable bonds is 7. The first-order valence-electron chi connectivity index (χ1n) is 11.4. The number of piperidine rings is 1. The zero-order valence-corrected chi connectivity index (χ0v) is 17.5. The third-order valence-electron chi connectivity index (χ3n) is 6.35. The third-order valence-corrected chi connectivity index (χ3v) is 6.35. The van der Waals surface area contributed by atoms with E-state index in [0.717, 1.165) is 90.3 Å². The highest BCUT2D eigenvalue weighted by Gasteiger charge is 2.32. The van der Waals surface area contributed by atoms with E-state index >= 15 is 0 Å². The van der Waals surface area contributed by atoms with Gasteiger partial charge in [0.05, 0.1) is 6.10 Å². The fraction of sp³-hybridized carbons (Fsp3) is 0.905. The lowest BCUT2D eigenvalue weighted by Gasteiger charge is -2.29. The summed E-state index contributed by atoms with van der Waals surface area (Å²) < 4.78 is 0. The zero-order valence-electron chi connectivity index (χ0n) is 17.5. The van der Waals surface area contributed by atoms with Crippen LogP contribution in [-0.2, 0) is 4.79 Å². The molecule has 160 valence electrons. The van der Waals surface area contributed by atoms with Gasteiger partial charge in [-0.05, 0) is 52.0 Å². The number of carbonyl (C=O) groups is 1. The quantitative estimate of drug-likeness (QED) is 0.344. The van der Waals surface area contributed by atoms with E-state index in [1.54, 1.807) is 0 Å². The largest absolute Gasteiger partial charge is 0.393 e. The van der Waals surface area contributed by atoms with Crippen molar-refractivity contribution in [2.24, 2.45) is 10.9 Å². The van der Waals surface area contributed by atoms with Crippen molar-refractivity contribution in [1.29, 1.82) is 0 Å². The molecule has 1 saturated carbocycles. The second-order valence-electron chi connectivity index (χ2n) is 8.58. The molecule has 28 heavy (non-hydrogen) atoms. The smallest absolute Gasteiger partial charge is 0.225 e. The predicted molar refractivity (Wildman–Crippen MR) is 112 cm³/mol. The highest BCUT2D eigenvalue weighted by atomic mass is 16.3. The monoisotopic (exact) mass is 393 g/mol. The van der Waals surface area contributed by atoms with Crippen molar-refractivity contribution in [1.82, 2.24) is 20.4 Å². The first-order valence-corrected chi connectivity index (χ1v) is 11.4. The molecule has 0 spiro atoms. The molecule has 0 radical (unpaired) electrons. The minimum atomic E-state index is -0.106. The number of guanidine groups is 1. The van der Waals surface area contributed by atoms with Gasteiger partial charge in [0.15, 0.2) is 5.96 Å². The molecule has 0 bridgehead atoms.